The standard InChI is InChI=1S/C24H39N5O2/c1-2-3-4-5-6-10-14-27-24-28-22(21-11-8-7-9-12-21)20-23(29-24)26-15-17-31-19-18-30-16-13-25/h7-9,11-12,20H,2-6,10,13-19,25H2,1H3,(H2,26,27,28,29). The van der Waals surface area contributed by atoms with E-state index in [2.05, 4.69) is 34.7 Å². The Morgan fingerprint density at radius 1 is 0.806 bits per heavy atom. The fraction of sp³-hybridized carbons (Fsp3) is 0.583. The van der Waals surface area contributed by atoms with Gasteiger partial charge in [0, 0.05) is 31.3 Å². The number of ether oxygens (including phenoxy) is 2. The number of hydrogen-bond acceptors (Lipinski definition) is 7. The Bertz CT molecular complexity index is 700. The lowest BCUT2D eigenvalue weighted by Gasteiger charge is -2.12. The first kappa shape index (κ1) is 25.0. The van der Waals surface area contributed by atoms with Gasteiger partial charge in [-0.3, -0.25) is 0 Å². The molecule has 172 valence electrons. The molecular formula is C24H39N5O2. The fourth-order valence-corrected chi connectivity index (χ4v) is 3.14. The normalized spacial score (nSPS) is 10.9. The number of nitrogens with one attached hydrogen (secondary N) is 2. The summed E-state index contributed by atoms with van der Waals surface area (Å²) in [7, 11) is 0. The maximum atomic E-state index is 5.58. The number of nitrogens with two attached hydrogens (primary N) is 1. The van der Waals surface area contributed by atoms with Crippen molar-refractivity contribution in [2.45, 2.75) is 45.4 Å². The molecule has 0 aliphatic carbocycles. The van der Waals surface area contributed by atoms with Crippen LogP contribution < -0.4 is 16.4 Å². The minimum Gasteiger partial charge on any atom is -0.378 e. The molecule has 0 radical (unpaired) electrons. The van der Waals surface area contributed by atoms with Crippen molar-refractivity contribution in [1.82, 2.24) is 9.97 Å². The van der Waals surface area contributed by atoms with Crippen molar-refractivity contribution in [3.05, 3.63) is 36.4 Å². The Hall–Kier alpha value is -2.22. The summed E-state index contributed by atoms with van der Waals surface area (Å²) in [6, 6.07) is 12.2. The van der Waals surface area contributed by atoms with E-state index in [1.807, 2.05) is 24.3 Å². The topological polar surface area (TPSA) is 94.3 Å². The Morgan fingerprint density at radius 3 is 2.32 bits per heavy atom. The van der Waals surface area contributed by atoms with E-state index < -0.39 is 0 Å². The first-order valence-electron chi connectivity index (χ1n) is 11.6. The molecule has 2 aromatic rings. The zero-order valence-electron chi connectivity index (χ0n) is 18.9. The van der Waals surface area contributed by atoms with E-state index in [-0.39, 0.29) is 0 Å². The number of aromatic nitrogens is 2. The van der Waals surface area contributed by atoms with Gasteiger partial charge in [0.2, 0.25) is 5.95 Å². The Morgan fingerprint density at radius 2 is 1.55 bits per heavy atom. The summed E-state index contributed by atoms with van der Waals surface area (Å²) in [5.74, 6) is 1.45. The summed E-state index contributed by atoms with van der Waals surface area (Å²) >= 11 is 0. The SMILES string of the molecule is CCCCCCCCNc1nc(NCCOCCOCCN)cc(-c2ccccc2)n1. The van der Waals surface area contributed by atoms with Crippen molar-refractivity contribution in [3.63, 3.8) is 0 Å². The van der Waals surface area contributed by atoms with Gasteiger partial charge in [0.15, 0.2) is 0 Å². The quantitative estimate of drug-likeness (QED) is 0.304. The molecule has 0 bridgehead atoms. The second-order valence-electron chi connectivity index (χ2n) is 7.46. The first-order chi connectivity index (χ1) is 15.3. The number of benzene rings is 1. The van der Waals surface area contributed by atoms with E-state index >= 15 is 0 Å². The van der Waals surface area contributed by atoms with Crippen LogP contribution in [0.1, 0.15) is 45.4 Å². The smallest absolute Gasteiger partial charge is 0.225 e. The van der Waals surface area contributed by atoms with Crippen LogP contribution in [-0.2, 0) is 9.47 Å². The summed E-state index contributed by atoms with van der Waals surface area (Å²) in [6.45, 7) is 6.61. The second-order valence-corrected chi connectivity index (χ2v) is 7.46. The molecule has 1 heterocycles. The molecule has 7 nitrogen and oxygen atoms in total. The van der Waals surface area contributed by atoms with Gasteiger partial charge in [0.1, 0.15) is 5.82 Å². The van der Waals surface area contributed by atoms with E-state index in [0.29, 0.717) is 45.5 Å². The van der Waals surface area contributed by atoms with Crippen molar-refractivity contribution >= 4 is 11.8 Å². The highest BCUT2D eigenvalue weighted by molar-refractivity contribution is 5.64. The van der Waals surface area contributed by atoms with Crippen LogP contribution in [0.2, 0.25) is 0 Å². The van der Waals surface area contributed by atoms with Gasteiger partial charge >= 0.3 is 0 Å². The van der Waals surface area contributed by atoms with Gasteiger partial charge in [-0.25, -0.2) is 4.98 Å². The molecule has 0 spiro atoms. The Kier molecular flexibility index (Phi) is 13.3. The van der Waals surface area contributed by atoms with Crippen LogP contribution in [0.5, 0.6) is 0 Å². The van der Waals surface area contributed by atoms with Crippen molar-refractivity contribution in [3.8, 4) is 11.3 Å². The maximum Gasteiger partial charge on any atom is 0.225 e. The summed E-state index contributed by atoms with van der Waals surface area (Å²) in [5.41, 5.74) is 7.37. The van der Waals surface area contributed by atoms with Crippen LogP contribution in [0.15, 0.2) is 36.4 Å². The van der Waals surface area contributed by atoms with Crippen LogP contribution in [0, 0.1) is 0 Å². The third kappa shape index (κ3) is 11.1. The molecule has 2 rings (SSSR count). The summed E-state index contributed by atoms with van der Waals surface area (Å²) in [4.78, 5) is 9.35. The lowest BCUT2D eigenvalue weighted by atomic mass is 10.1. The molecule has 0 aliphatic heterocycles. The molecular weight excluding hydrogens is 390 g/mol. The van der Waals surface area contributed by atoms with E-state index in [1.165, 1.54) is 32.1 Å². The van der Waals surface area contributed by atoms with Gasteiger partial charge in [-0.1, -0.05) is 69.4 Å². The first-order valence-corrected chi connectivity index (χ1v) is 11.6. The minimum absolute atomic E-state index is 0.536. The summed E-state index contributed by atoms with van der Waals surface area (Å²) < 4.78 is 10.9. The van der Waals surface area contributed by atoms with Crippen LogP contribution in [0.25, 0.3) is 11.3 Å². The molecule has 7 heteroatoms. The number of anilines is 2. The third-order valence-corrected chi connectivity index (χ3v) is 4.80. The zero-order chi connectivity index (χ0) is 22.0. The molecule has 0 fully saturated rings. The fourth-order valence-electron chi connectivity index (χ4n) is 3.14. The minimum atomic E-state index is 0.536. The molecule has 4 N–H and O–H groups in total. The molecule has 0 atom stereocenters. The molecule has 0 saturated carbocycles. The zero-order valence-corrected chi connectivity index (χ0v) is 18.9. The van der Waals surface area contributed by atoms with Gasteiger partial charge in [0.05, 0.1) is 32.1 Å². The van der Waals surface area contributed by atoms with Crippen molar-refractivity contribution in [1.29, 1.82) is 0 Å². The predicted octanol–water partition coefficient (Wildman–Crippen LogP) is 4.32. The number of nitrogens with zero attached hydrogens (tertiary/aromatic N) is 2. The van der Waals surface area contributed by atoms with Gasteiger partial charge in [-0.05, 0) is 6.42 Å². The van der Waals surface area contributed by atoms with Gasteiger partial charge < -0.3 is 25.8 Å². The van der Waals surface area contributed by atoms with Crippen molar-refractivity contribution < 1.29 is 9.47 Å². The Labute approximate surface area is 187 Å². The molecule has 0 saturated heterocycles. The molecule has 0 aliphatic rings. The largest absolute Gasteiger partial charge is 0.378 e. The predicted molar refractivity (Wildman–Crippen MR) is 129 cm³/mol. The van der Waals surface area contributed by atoms with Crippen LogP contribution in [0.3, 0.4) is 0 Å². The third-order valence-electron chi connectivity index (χ3n) is 4.80. The highest BCUT2D eigenvalue weighted by Gasteiger charge is 2.06. The van der Waals surface area contributed by atoms with E-state index in [1.54, 1.807) is 0 Å². The van der Waals surface area contributed by atoms with Gasteiger partial charge in [-0.15, -0.1) is 0 Å². The number of hydrogen-bond donors (Lipinski definition) is 3. The number of rotatable bonds is 18. The molecule has 0 unspecified atom stereocenters. The maximum absolute atomic E-state index is 5.58. The summed E-state index contributed by atoms with van der Waals surface area (Å²) in [5, 5.41) is 6.74. The molecule has 31 heavy (non-hydrogen) atoms. The lowest BCUT2D eigenvalue weighted by Crippen LogP contribution is -2.16. The highest BCUT2D eigenvalue weighted by atomic mass is 16.5. The van der Waals surface area contributed by atoms with Gasteiger partial charge in [-0.2, -0.15) is 4.98 Å². The van der Waals surface area contributed by atoms with Crippen LogP contribution >= 0.6 is 0 Å². The van der Waals surface area contributed by atoms with E-state index in [4.69, 9.17) is 20.2 Å². The van der Waals surface area contributed by atoms with Crippen LogP contribution in [0.4, 0.5) is 11.8 Å². The van der Waals surface area contributed by atoms with E-state index in [0.717, 1.165) is 30.0 Å². The molecule has 1 aromatic carbocycles. The van der Waals surface area contributed by atoms with Gasteiger partial charge in [0.25, 0.3) is 0 Å². The second kappa shape index (κ2) is 16.5. The van der Waals surface area contributed by atoms with Crippen molar-refractivity contribution in [2.75, 3.05) is 56.7 Å². The highest BCUT2D eigenvalue weighted by Crippen LogP contribution is 2.21. The van der Waals surface area contributed by atoms with Crippen LogP contribution in [-0.4, -0.2) is 56.0 Å². The van der Waals surface area contributed by atoms with E-state index in [9.17, 15) is 0 Å². The monoisotopic (exact) mass is 429 g/mol. The van der Waals surface area contributed by atoms with Crippen molar-refractivity contribution in [2.24, 2.45) is 5.73 Å². The summed E-state index contributed by atoms with van der Waals surface area (Å²) in [6.07, 6.45) is 7.60. The lowest BCUT2D eigenvalue weighted by molar-refractivity contribution is 0.0547. The molecule has 1 aromatic heterocycles. The number of unbranched alkanes of at least 4 members (excludes halogenated alkanes) is 5. The Balaban J connectivity index is 1.84. The molecule has 0 amide bonds. The average molecular weight is 430 g/mol. The average Bonchev–Trinajstić information content (AvgIpc) is 2.81.